The predicted molar refractivity (Wildman–Crippen MR) is 120 cm³/mol. The molecule has 174 valence electrons. The van der Waals surface area contributed by atoms with E-state index in [-0.39, 0.29) is 23.8 Å². The highest BCUT2D eigenvalue weighted by Crippen LogP contribution is 2.35. The van der Waals surface area contributed by atoms with Crippen LogP contribution >= 0.6 is 0 Å². The van der Waals surface area contributed by atoms with Gasteiger partial charge in [-0.05, 0) is 56.2 Å². The molecule has 0 bridgehead atoms. The van der Waals surface area contributed by atoms with Crippen LogP contribution in [0.2, 0.25) is 0 Å². The zero-order chi connectivity index (χ0) is 24.0. The Balaban J connectivity index is 1.88. The molecule has 2 aromatic rings. The number of carbonyl (C=O) groups is 3. The molecule has 9 heteroatoms. The molecule has 33 heavy (non-hydrogen) atoms. The topological polar surface area (TPSA) is 107 Å². The summed E-state index contributed by atoms with van der Waals surface area (Å²) in [4.78, 5) is 37.9. The van der Waals surface area contributed by atoms with E-state index in [1.54, 1.807) is 18.2 Å². The number of nitrogens with zero attached hydrogens (tertiary/aromatic N) is 1. The molecule has 0 radical (unpaired) electrons. The van der Waals surface area contributed by atoms with Crippen molar-refractivity contribution in [2.45, 2.75) is 26.8 Å². The molecule has 2 heterocycles. The Morgan fingerprint density at radius 3 is 2.61 bits per heavy atom. The number of hydrogen-bond donors (Lipinski definition) is 1. The summed E-state index contributed by atoms with van der Waals surface area (Å²) in [6.07, 6.45) is 3.87. The number of benzene rings is 1. The number of carbonyl (C=O) groups excluding carboxylic acids is 3. The van der Waals surface area contributed by atoms with E-state index in [0.717, 1.165) is 10.5 Å². The Hall–Kier alpha value is -4.01. The van der Waals surface area contributed by atoms with Gasteiger partial charge in [0, 0.05) is 5.56 Å². The molecule has 0 aliphatic carbocycles. The summed E-state index contributed by atoms with van der Waals surface area (Å²) in [5.74, 6) is 0.272. The standard InChI is InChI=1S/C24H26N2O7/c1-5-8-16-11-15(13-20(31-6-2)21(16)32-7-3)12-18-22(27)26(24(29)25-18)14-17-9-10-19(33-17)23(28)30-4/h5,9-13H,1,6-8,14H2,2-4H3,(H,25,29). The van der Waals surface area contributed by atoms with Crippen LogP contribution in [0.3, 0.4) is 0 Å². The maximum Gasteiger partial charge on any atom is 0.373 e. The normalized spacial score (nSPS) is 14.4. The highest BCUT2D eigenvalue weighted by atomic mass is 16.5. The number of furan rings is 1. The van der Waals surface area contributed by atoms with Crippen molar-refractivity contribution in [1.82, 2.24) is 10.2 Å². The van der Waals surface area contributed by atoms with Crippen LogP contribution in [0.5, 0.6) is 11.5 Å². The molecule has 0 saturated carbocycles. The minimum Gasteiger partial charge on any atom is -0.490 e. The largest absolute Gasteiger partial charge is 0.490 e. The van der Waals surface area contributed by atoms with Gasteiger partial charge in [-0.1, -0.05) is 6.08 Å². The van der Waals surface area contributed by atoms with Crippen LogP contribution in [0.4, 0.5) is 4.79 Å². The molecule has 9 nitrogen and oxygen atoms in total. The second-order valence-electron chi connectivity index (χ2n) is 7.00. The summed E-state index contributed by atoms with van der Waals surface area (Å²) < 4.78 is 21.5. The lowest BCUT2D eigenvalue weighted by molar-refractivity contribution is -0.123. The van der Waals surface area contributed by atoms with Gasteiger partial charge in [0.25, 0.3) is 5.91 Å². The summed E-state index contributed by atoms with van der Waals surface area (Å²) >= 11 is 0. The van der Waals surface area contributed by atoms with Crippen molar-refractivity contribution < 1.29 is 33.0 Å². The van der Waals surface area contributed by atoms with Gasteiger partial charge < -0.3 is 23.9 Å². The van der Waals surface area contributed by atoms with Crippen LogP contribution in [-0.4, -0.2) is 43.1 Å². The Bertz CT molecular complexity index is 1100. The number of methoxy groups -OCH3 is 1. The number of imide groups is 1. The van der Waals surface area contributed by atoms with E-state index in [9.17, 15) is 14.4 Å². The molecular weight excluding hydrogens is 428 g/mol. The van der Waals surface area contributed by atoms with E-state index in [0.29, 0.717) is 36.7 Å². The fourth-order valence-corrected chi connectivity index (χ4v) is 3.36. The minimum absolute atomic E-state index is 0.0112. The molecule has 1 aliphatic rings. The maximum absolute atomic E-state index is 12.9. The van der Waals surface area contributed by atoms with Gasteiger partial charge in [0.1, 0.15) is 11.5 Å². The van der Waals surface area contributed by atoms with Crippen molar-refractivity contribution in [3.05, 3.63) is 65.3 Å². The van der Waals surface area contributed by atoms with E-state index in [2.05, 4.69) is 16.6 Å². The summed E-state index contributed by atoms with van der Waals surface area (Å²) in [7, 11) is 1.23. The average molecular weight is 454 g/mol. The van der Waals surface area contributed by atoms with Crippen molar-refractivity contribution >= 4 is 24.0 Å². The monoisotopic (exact) mass is 454 g/mol. The quantitative estimate of drug-likeness (QED) is 0.252. The Morgan fingerprint density at radius 1 is 1.18 bits per heavy atom. The van der Waals surface area contributed by atoms with Crippen LogP contribution in [0.1, 0.15) is 41.3 Å². The molecule has 1 saturated heterocycles. The summed E-state index contributed by atoms with van der Waals surface area (Å²) in [5, 5.41) is 2.58. The van der Waals surface area contributed by atoms with Crippen LogP contribution in [0, 0.1) is 0 Å². The molecule has 1 aromatic carbocycles. The molecule has 0 spiro atoms. The lowest BCUT2D eigenvalue weighted by atomic mass is 10.0. The van der Waals surface area contributed by atoms with E-state index in [1.165, 1.54) is 19.2 Å². The third-order valence-electron chi connectivity index (χ3n) is 4.74. The van der Waals surface area contributed by atoms with Gasteiger partial charge in [0.15, 0.2) is 11.5 Å². The van der Waals surface area contributed by atoms with Crippen molar-refractivity contribution in [1.29, 1.82) is 0 Å². The van der Waals surface area contributed by atoms with Crippen molar-refractivity contribution in [3.63, 3.8) is 0 Å². The van der Waals surface area contributed by atoms with Gasteiger partial charge in [-0.2, -0.15) is 0 Å². The predicted octanol–water partition coefficient (Wildman–Crippen LogP) is 3.69. The van der Waals surface area contributed by atoms with Crippen LogP contribution < -0.4 is 14.8 Å². The van der Waals surface area contributed by atoms with E-state index < -0.39 is 17.9 Å². The zero-order valence-corrected chi connectivity index (χ0v) is 18.8. The number of hydrogen-bond acceptors (Lipinski definition) is 7. The fraction of sp³-hybridized carbons (Fsp3) is 0.292. The summed E-state index contributed by atoms with van der Waals surface area (Å²) in [6, 6.07) is 5.96. The summed E-state index contributed by atoms with van der Waals surface area (Å²) in [5.41, 5.74) is 1.62. The molecule has 0 unspecified atom stereocenters. The van der Waals surface area contributed by atoms with Crippen LogP contribution in [0.15, 0.2) is 47.0 Å². The first-order valence-corrected chi connectivity index (χ1v) is 10.5. The van der Waals surface area contributed by atoms with E-state index >= 15 is 0 Å². The Kier molecular flexibility index (Phi) is 7.55. The Labute approximate surface area is 191 Å². The van der Waals surface area contributed by atoms with Gasteiger partial charge in [-0.15, -0.1) is 6.58 Å². The number of urea groups is 1. The molecule has 1 aliphatic heterocycles. The molecular formula is C24H26N2O7. The molecule has 3 amide bonds. The maximum atomic E-state index is 12.9. The number of rotatable bonds is 10. The van der Waals surface area contributed by atoms with E-state index in [1.807, 2.05) is 19.9 Å². The first-order valence-electron chi connectivity index (χ1n) is 10.5. The van der Waals surface area contributed by atoms with Gasteiger partial charge in [-0.3, -0.25) is 9.69 Å². The van der Waals surface area contributed by atoms with Crippen molar-refractivity contribution in [2.24, 2.45) is 0 Å². The molecule has 3 rings (SSSR count). The third kappa shape index (κ3) is 5.25. The van der Waals surface area contributed by atoms with E-state index in [4.69, 9.17) is 13.9 Å². The number of allylic oxidation sites excluding steroid dienone is 1. The molecule has 1 aromatic heterocycles. The second kappa shape index (κ2) is 10.5. The van der Waals surface area contributed by atoms with Crippen molar-refractivity contribution in [2.75, 3.05) is 20.3 Å². The average Bonchev–Trinajstić information content (AvgIpc) is 3.36. The number of esters is 1. The number of amides is 3. The zero-order valence-electron chi connectivity index (χ0n) is 18.8. The van der Waals surface area contributed by atoms with Gasteiger partial charge >= 0.3 is 12.0 Å². The first kappa shape index (κ1) is 23.6. The molecule has 0 atom stereocenters. The number of nitrogens with one attached hydrogen (secondary N) is 1. The fourth-order valence-electron chi connectivity index (χ4n) is 3.36. The highest BCUT2D eigenvalue weighted by molar-refractivity contribution is 6.13. The van der Waals surface area contributed by atoms with Gasteiger partial charge in [-0.25, -0.2) is 9.59 Å². The van der Waals surface area contributed by atoms with Crippen molar-refractivity contribution in [3.8, 4) is 11.5 Å². The number of ether oxygens (including phenoxy) is 3. The van der Waals surface area contributed by atoms with Gasteiger partial charge in [0.2, 0.25) is 5.76 Å². The second-order valence-corrected chi connectivity index (χ2v) is 7.00. The highest BCUT2D eigenvalue weighted by Gasteiger charge is 2.34. The lowest BCUT2D eigenvalue weighted by Gasteiger charge is -2.16. The van der Waals surface area contributed by atoms with Gasteiger partial charge in [0.05, 0.1) is 26.9 Å². The van der Waals surface area contributed by atoms with Crippen LogP contribution in [-0.2, 0) is 22.5 Å². The first-order chi connectivity index (χ1) is 15.9. The Morgan fingerprint density at radius 2 is 1.94 bits per heavy atom. The molecule has 1 fully saturated rings. The minimum atomic E-state index is -0.644. The lowest BCUT2D eigenvalue weighted by Crippen LogP contribution is -2.30. The molecule has 1 N–H and O–H groups in total. The summed E-state index contributed by atoms with van der Waals surface area (Å²) in [6.45, 7) is 8.32. The SMILES string of the molecule is C=CCc1cc(C=C2NC(=O)N(Cc3ccc(C(=O)OC)o3)C2=O)cc(OCC)c1OCC. The van der Waals surface area contributed by atoms with Crippen LogP contribution in [0.25, 0.3) is 6.08 Å². The third-order valence-corrected chi connectivity index (χ3v) is 4.74. The smallest absolute Gasteiger partial charge is 0.373 e.